The van der Waals surface area contributed by atoms with Crippen LogP contribution in [0.4, 0.5) is 14.5 Å². The Balaban J connectivity index is 1.66. The lowest BCUT2D eigenvalue weighted by molar-refractivity contribution is -0.113. The van der Waals surface area contributed by atoms with E-state index >= 15 is 0 Å². The average Bonchev–Trinajstić information content (AvgIpc) is 2.71. The predicted octanol–water partition coefficient (Wildman–Crippen LogP) is 3.64. The van der Waals surface area contributed by atoms with Gasteiger partial charge in [0.05, 0.1) is 18.0 Å². The predicted molar refractivity (Wildman–Crippen MR) is 107 cm³/mol. The molecular weight excluding hydrogens is 400 g/mol. The van der Waals surface area contributed by atoms with E-state index < -0.39 is 17.2 Å². The van der Waals surface area contributed by atoms with Crippen molar-refractivity contribution in [2.75, 3.05) is 17.7 Å². The van der Waals surface area contributed by atoms with E-state index in [9.17, 15) is 18.4 Å². The van der Waals surface area contributed by atoms with Gasteiger partial charge in [-0.25, -0.2) is 13.8 Å². The lowest BCUT2D eigenvalue weighted by atomic mass is 10.3. The van der Waals surface area contributed by atoms with Crippen LogP contribution in [-0.4, -0.2) is 27.8 Å². The van der Waals surface area contributed by atoms with Crippen LogP contribution in [0.1, 0.15) is 6.92 Å². The first kappa shape index (κ1) is 20.5. The van der Waals surface area contributed by atoms with Gasteiger partial charge in [0.2, 0.25) is 5.91 Å². The molecule has 1 aromatic heterocycles. The fourth-order valence-corrected chi connectivity index (χ4v) is 3.16. The molecule has 9 heteroatoms. The van der Waals surface area contributed by atoms with Gasteiger partial charge < -0.3 is 10.1 Å². The second kappa shape index (κ2) is 9.33. The van der Waals surface area contributed by atoms with Gasteiger partial charge in [0.25, 0.3) is 5.56 Å². The summed E-state index contributed by atoms with van der Waals surface area (Å²) >= 11 is 0.953. The number of amides is 1. The summed E-state index contributed by atoms with van der Waals surface area (Å²) in [6, 6.07) is 10.1. The fraction of sp³-hybridized carbons (Fsp3) is 0.150. The minimum Gasteiger partial charge on any atom is -0.494 e. The van der Waals surface area contributed by atoms with Crippen molar-refractivity contribution in [2.45, 2.75) is 11.9 Å². The summed E-state index contributed by atoms with van der Waals surface area (Å²) in [5, 5.41) is 2.79. The summed E-state index contributed by atoms with van der Waals surface area (Å²) in [4.78, 5) is 28.7. The largest absolute Gasteiger partial charge is 0.494 e. The third kappa shape index (κ3) is 5.20. The molecule has 29 heavy (non-hydrogen) atoms. The first-order chi connectivity index (χ1) is 14.0. The second-order valence-corrected chi connectivity index (χ2v) is 6.76. The molecule has 0 fully saturated rings. The molecule has 0 aliphatic rings. The molecule has 2 aromatic carbocycles. The van der Waals surface area contributed by atoms with E-state index in [4.69, 9.17) is 4.74 Å². The molecule has 0 aliphatic carbocycles. The fourth-order valence-electron chi connectivity index (χ4n) is 2.46. The number of hydrogen-bond acceptors (Lipinski definition) is 5. The molecule has 0 radical (unpaired) electrons. The Morgan fingerprint density at radius 3 is 2.62 bits per heavy atom. The molecule has 150 valence electrons. The number of nitrogens with one attached hydrogen (secondary N) is 1. The van der Waals surface area contributed by atoms with Crippen LogP contribution in [0.15, 0.2) is 64.7 Å². The monoisotopic (exact) mass is 417 g/mol. The van der Waals surface area contributed by atoms with Gasteiger partial charge in [-0.05, 0) is 43.3 Å². The molecule has 0 saturated heterocycles. The van der Waals surface area contributed by atoms with Crippen molar-refractivity contribution in [3.8, 4) is 11.4 Å². The molecule has 1 N–H and O–H groups in total. The zero-order valence-electron chi connectivity index (χ0n) is 15.4. The highest BCUT2D eigenvalue weighted by Gasteiger charge is 2.12. The number of thioether (sulfide) groups is 1. The smallest absolute Gasteiger partial charge is 0.287 e. The molecule has 3 aromatic rings. The molecule has 1 heterocycles. The Bertz CT molecular complexity index is 1070. The Morgan fingerprint density at radius 2 is 1.93 bits per heavy atom. The van der Waals surface area contributed by atoms with Gasteiger partial charge in [0.15, 0.2) is 16.7 Å². The standard InChI is InChI=1S/C20H17F2N3O3S/c1-2-28-15-6-3-13(4-7-15)24-18(26)12-29-19-20(27)25(10-9-23-19)14-5-8-16(21)17(22)11-14/h3-11H,2,12H2,1H3,(H,24,26). The summed E-state index contributed by atoms with van der Waals surface area (Å²) < 4.78 is 33.0. The van der Waals surface area contributed by atoms with E-state index in [2.05, 4.69) is 10.3 Å². The molecule has 6 nitrogen and oxygen atoms in total. The van der Waals surface area contributed by atoms with Gasteiger partial charge in [0.1, 0.15) is 5.75 Å². The maximum Gasteiger partial charge on any atom is 0.287 e. The van der Waals surface area contributed by atoms with Crippen LogP contribution < -0.4 is 15.6 Å². The normalized spacial score (nSPS) is 10.6. The number of nitrogens with zero attached hydrogens (tertiary/aromatic N) is 2. The zero-order valence-corrected chi connectivity index (χ0v) is 16.2. The Hall–Kier alpha value is -3.20. The molecule has 1 amide bonds. The molecular formula is C20H17F2N3O3S. The van der Waals surface area contributed by atoms with E-state index in [1.165, 1.54) is 18.5 Å². The van der Waals surface area contributed by atoms with Crippen LogP contribution in [0.2, 0.25) is 0 Å². The van der Waals surface area contributed by atoms with Crippen molar-refractivity contribution in [1.82, 2.24) is 9.55 Å². The lowest BCUT2D eigenvalue weighted by Gasteiger charge is -2.08. The molecule has 0 saturated carbocycles. The number of ether oxygens (including phenoxy) is 1. The van der Waals surface area contributed by atoms with Crippen molar-refractivity contribution in [3.63, 3.8) is 0 Å². The number of hydrogen-bond donors (Lipinski definition) is 1. The minimum absolute atomic E-state index is 0.0444. The van der Waals surface area contributed by atoms with Gasteiger partial charge in [-0.15, -0.1) is 0 Å². The summed E-state index contributed by atoms with van der Waals surface area (Å²) in [6.07, 6.45) is 2.70. The van der Waals surface area contributed by atoms with Crippen LogP contribution >= 0.6 is 11.8 Å². The number of rotatable bonds is 7. The zero-order chi connectivity index (χ0) is 20.8. The molecule has 3 rings (SSSR count). The van der Waals surface area contributed by atoms with Crippen molar-refractivity contribution in [3.05, 3.63) is 76.8 Å². The van der Waals surface area contributed by atoms with Gasteiger partial charge in [-0.3, -0.25) is 14.2 Å². The topological polar surface area (TPSA) is 73.2 Å². The highest BCUT2D eigenvalue weighted by Crippen LogP contribution is 2.17. The molecule has 0 aliphatic heterocycles. The average molecular weight is 417 g/mol. The van der Waals surface area contributed by atoms with E-state index in [0.29, 0.717) is 18.0 Å². The van der Waals surface area contributed by atoms with Gasteiger partial charge in [-0.1, -0.05) is 11.8 Å². The quantitative estimate of drug-likeness (QED) is 0.594. The van der Waals surface area contributed by atoms with Crippen LogP contribution in [0.3, 0.4) is 0 Å². The van der Waals surface area contributed by atoms with Crippen molar-refractivity contribution >= 4 is 23.4 Å². The van der Waals surface area contributed by atoms with Crippen LogP contribution in [0.25, 0.3) is 5.69 Å². The number of aromatic nitrogens is 2. The van der Waals surface area contributed by atoms with Crippen LogP contribution in [0, 0.1) is 11.6 Å². The third-order valence-corrected chi connectivity index (χ3v) is 4.74. The summed E-state index contributed by atoms with van der Waals surface area (Å²) in [5.74, 6) is -1.72. The number of carbonyl (C=O) groups excluding carboxylic acids is 1. The van der Waals surface area contributed by atoms with E-state index in [-0.39, 0.29) is 22.4 Å². The van der Waals surface area contributed by atoms with E-state index in [1.54, 1.807) is 24.3 Å². The second-order valence-electron chi connectivity index (χ2n) is 5.80. The highest BCUT2D eigenvalue weighted by atomic mass is 32.2. The molecule has 0 atom stereocenters. The first-order valence-corrected chi connectivity index (χ1v) is 9.65. The Labute approximate surface area is 169 Å². The van der Waals surface area contributed by atoms with Gasteiger partial charge >= 0.3 is 0 Å². The molecule has 0 spiro atoms. The number of anilines is 1. The lowest BCUT2D eigenvalue weighted by Crippen LogP contribution is -2.22. The van der Waals surface area contributed by atoms with Crippen LogP contribution in [0.5, 0.6) is 5.75 Å². The van der Waals surface area contributed by atoms with Gasteiger partial charge in [0, 0.05) is 24.1 Å². The molecule has 0 bridgehead atoms. The number of carbonyl (C=O) groups is 1. The third-order valence-electron chi connectivity index (χ3n) is 3.78. The first-order valence-electron chi connectivity index (χ1n) is 8.66. The SMILES string of the molecule is CCOc1ccc(NC(=O)CSc2nccn(-c3ccc(F)c(F)c3)c2=O)cc1. The van der Waals surface area contributed by atoms with Crippen LogP contribution in [-0.2, 0) is 4.79 Å². The van der Waals surface area contributed by atoms with Crippen molar-refractivity contribution < 1.29 is 18.3 Å². The summed E-state index contributed by atoms with van der Waals surface area (Å²) in [5.41, 5.74) is 0.230. The number of halogens is 2. The Morgan fingerprint density at radius 1 is 1.17 bits per heavy atom. The summed E-state index contributed by atoms with van der Waals surface area (Å²) in [7, 11) is 0. The maximum atomic E-state index is 13.5. The van der Waals surface area contributed by atoms with Crippen molar-refractivity contribution in [2.24, 2.45) is 0 Å². The molecule has 0 unspecified atom stereocenters. The van der Waals surface area contributed by atoms with E-state index in [1.807, 2.05) is 6.92 Å². The summed E-state index contributed by atoms with van der Waals surface area (Å²) in [6.45, 7) is 2.43. The highest BCUT2D eigenvalue weighted by molar-refractivity contribution is 7.99. The van der Waals surface area contributed by atoms with Gasteiger partial charge in [-0.2, -0.15) is 0 Å². The maximum absolute atomic E-state index is 13.5. The van der Waals surface area contributed by atoms with Crippen molar-refractivity contribution in [1.29, 1.82) is 0 Å². The van der Waals surface area contributed by atoms with E-state index in [0.717, 1.165) is 28.5 Å². The minimum atomic E-state index is -1.06. The number of benzene rings is 2. The Kier molecular flexibility index (Phi) is 6.61.